The van der Waals surface area contributed by atoms with E-state index >= 15 is 0 Å². The number of aromatic nitrogens is 3. The molecule has 0 amide bonds. The van der Waals surface area contributed by atoms with Crippen LogP contribution in [0.5, 0.6) is 0 Å². The van der Waals surface area contributed by atoms with Gasteiger partial charge in [-0.05, 0) is 26.9 Å². The molecule has 0 radical (unpaired) electrons. The standard InChI is InChI=1S/C13H23N5O2S/c1-5-18-12(14-15-13(18)21-8-11(19)20)17-6-9(2)10(7-17)16(3)4/h9-10H,5-8H2,1-4H3,(H,19,20). The van der Waals surface area contributed by atoms with Gasteiger partial charge in [-0.2, -0.15) is 0 Å². The summed E-state index contributed by atoms with van der Waals surface area (Å²) in [6.45, 7) is 6.89. The number of hydrogen-bond acceptors (Lipinski definition) is 6. The molecule has 1 saturated heterocycles. The van der Waals surface area contributed by atoms with Crippen LogP contribution in [0.3, 0.4) is 0 Å². The van der Waals surface area contributed by atoms with Crippen molar-refractivity contribution in [2.24, 2.45) is 5.92 Å². The third-order valence-electron chi connectivity index (χ3n) is 3.86. The number of aliphatic carboxylic acids is 1. The average Bonchev–Trinajstić information content (AvgIpc) is 2.98. The number of nitrogens with zero attached hydrogens (tertiary/aromatic N) is 5. The van der Waals surface area contributed by atoms with Gasteiger partial charge in [0.2, 0.25) is 5.95 Å². The van der Waals surface area contributed by atoms with E-state index in [4.69, 9.17) is 5.11 Å². The van der Waals surface area contributed by atoms with E-state index in [1.165, 1.54) is 11.8 Å². The molecule has 21 heavy (non-hydrogen) atoms. The minimum absolute atomic E-state index is 0.00879. The Bertz CT molecular complexity index is 505. The molecule has 0 aromatic carbocycles. The van der Waals surface area contributed by atoms with Crippen LogP contribution in [0, 0.1) is 5.92 Å². The third kappa shape index (κ3) is 3.49. The lowest BCUT2D eigenvalue weighted by molar-refractivity contribution is -0.133. The molecule has 0 spiro atoms. The van der Waals surface area contributed by atoms with Crippen molar-refractivity contribution in [3.63, 3.8) is 0 Å². The summed E-state index contributed by atoms with van der Waals surface area (Å²) in [4.78, 5) is 15.2. The number of anilines is 1. The molecular formula is C13H23N5O2S. The SMILES string of the molecule is CCn1c(SCC(=O)O)nnc1N1CC(C)C(N(C)C)C1. The Morgan fingerprint density at radius 1 is 1.43 bits per heavy atom. The lowest BCUT2D eigenvalue weighted by atomic mass is 10.1. The molecule has 1 N–H and O–H groups in total. The molecule has 2 rings (SSSR count). The van der Waals surface area contributed by atoms with Gasteiger partial charge in [-0.15, -0.1) is 10.2 Å². The molecule has 118 valence electrons. The van der Waals surface area contributed by atoms with Crippen molar-refractivity contribution in [1.82, 2.24) is 19.7 Å². The summed E-state index contributed by atoms with van der Waals surface area (Å²) in [5.74, 6) is 0.586. The van der Waals surface area contributed by atoms with Crippen LogP contribution in [0.1, 0.15) is 13.8 Å². The van der Waals surface area contributed by atoms with Gasteiger partial charge >= 0.3 is 5.97 Å². The fourth-order valence-electron chi connectivity index (χ4n) is 2.81. The summed E-state index contributed by atoms with van der Waals surface area (Å²) < 4.78 is 2.00. The average molecular weight is 313 g/mol. The predicted octanol–water partition coefficient (Wildman–Crippen LogP) is 0.861. The largest absolute Gasteiger partial charge is 0.481 e. The van der Waals surface area contributed by atoms with Crippen LogP contribution in [0.25, 0.3) is 0 Å². The number of carboxylic acids is 1. The smallest absolute Gasteiger partial charge is 0.313 e. The van der Waals surface area contributed by atoms with Crippen LogP contribution >= 0.6 is 11.8 Å². The van der Waals surface area contributed by atoms with E-state index in [1.807, 2.05) is 11.5 Å². The van der Waals surface area contributed by atoms with Crippen LogP contribution in [0.15, 0.2) is 5.16 Å². The summed E-state index contributed by atoms with van der Waals surface area (Å²) in [7, 11) is 4.20. The summed E-state index contributed by atoms with van der Waals surface area (Å²) in [5, 5.41) is 17.9. The Balaban J connectivity index is 2.15. The Kier molecular flexibility index (Phi) is 5.10. The third-order valence-corrected chi connectivity index (χ3v) is 4.81. The number of carbonyl (C=O) groups is 1. The van der Waals surface area contributed by atoms with Gasteiger partial charge in [-0.3, -0.25) is 9.36 Å². The number of thioether (sulfide) groups is 1. The summed E-state index contributed by atoms with van der Waals surface area (Å²) in [6, 6.07) is 0.502. The molecule has 0 aliphatic carbocycles. The first-order valence-electron chi connectivity index (χ1n) is 7.13. The van der Waals surface area contributed by atoms with Gasteiger partial charge in [-0.1, -0.05) is 18.7 Å². The fraction of sp³-hybridized carbons (Fsp3) is 0.769. The van der Waals surface area contributed by atoms with Crippen LogP contribution in [0.2, 0.25) is 0 Å². The topological polar surface area (TPSA) is 74.5 Å². The van der Waals surface area contributed by atoms with Crippen LogP contribution < -0.4 is 4.90 Å². The molecule has 0 bridgehead atoms. The van der Waals surface area contributed by atoms with Crippen molar-refractivity contribution < 1.29 is 9.90 Å². The zero-order valence-electron chi connectivity index (χ0n) is 13.0. The molecule has 2 heterocycles. The molecule has 1 fully saturated rings. The van der Waals surface area contributed by atoms with Gasteiger partial charge in [0.1, 0.15) is 0 Å². The highest BCUT2D eigenvalue weighted by Gasteiger charge is 2.33. The minimum Gasteiger partial charge on any atom is -0.481 e. The maximum absolute atomic E-state index is 10.7. The van der Waals surface area contributed by atoms with Crippen molar-refractivity contribution in [3.05, 3.63) is 0 Å². The van der Waals surface area contributed by atoms with Crippen LogP contribution in [-0.2, 0) is 11.3 Å². The lowest BCUT2D eigenvalue weighted by Gasteiger charge is -2.22. The quantitative estimate of drug-likeness (QED) is 0.781. The van der Waals surface area contributed by atoms with Gasteiger partial charge in [-0.25, -0.2) is 0 Å². The molecule has 7 nitrogen and oxygen atoms in total. The van der Waals surface area contributed by atoms with E-state index in [9.17, 15) is 4.79 Å². The summed E-state index contributed by atoms with van der Waals surface area (Å²) >= 11 is 1.22. The van der Waals surface area contributed by atoms with E-state index < -0.39 is 5.97 Å². The Labute approximate surface area is 129 Å². The monoisotopic (exact) mass is 313 g/mol. The van der Waals surface area contributed by atoms with E-state index in [0.717, 1.165) is 25.6 Å². The molecular weight excluding hydrogens is 290 g/mol. The van der Waals surface area contributed by atoms with Crippen molar-refractivity contribution in [2.45, 2.75) is 31.6 Å². The molecule has 1 aromatic rings. The van der Waals surface area contributed by atoms with Gasteiger partial charge in [0.25, 0.3) is 0 Å². The van der Waals surface area contributed by atoms with Crippen molar-refractivity contribution in [2.75, 3.05) is 37.8 Å². The van der Waals surface area contributed by atoms with Crippen molar-refractivity contribution in [3.8, 4) is 0 Å². The zero-order valence-corrected chi connectivity index (χ0v) is 13.8. The van der Waals surface area contributed by atoms with Gasteiger partial charge < -0.3 is 14.9 Å². The highest BCUT2D eigenvalue weighted by molar-refractivity contribution is 7.99. The maximum atomic E-state index is 10.7. The number of hydrogen-bond donors (Lipinski definition) is 1. The Hall–Kier alpha value is -1.28. The lowest BCUT2D eigenvalue weighted by Crippen LogP contribution is -2.34. The first kappa shape index (κ1) is 16.1. The predicted molar refractivity (Wildman–Crippen MR) is 82.9 cm³/mol. The first-order valence-corrected chi connectivity index (χ1v) is 8.11. The number of rotatable bonds is 6. The summed E-state index contributed by atoms with van der Waals surface area (Å²) in [6.07, 6.45) is 0. The number of carboxylic acid groups (broad SMARTS) is 1. The molecule has 0 saturated carbocycles. The maximum Gasteiger partial charge on any atom is 0.313 e. The minimum atomic E-state index is -0.838. The first-order chi connectivity index (χ1) is 9.93. The highest BCUT2D eigenvalue weighted by atomic mass is 32.2. The molecule has 1 aromatic heterocycles. The van der Waals surface area contributed by atoms with Gasteiger partial charge in [0, 0.05) is 25.7 Å². The van der Waals surface area contributed by atoms with Gasteiger partial charge in [0.15, 0.2) is 5.16 Å². The second kappa shape index (κ2) is 6.65. The molecule has 8 heteroatoms. The summed E-state index contributed by atoms with van der Waals surface area (Å²) in [5.41, 5.74) is 0. The zero-order chi connectivity index (χ0) is 15.6. The van der Waals surface area contributed by atoms with E-state index in [1.54, 1.807) is 0 Å². The normalized spacial score (nSPS) is 22.2. The fourth-order valence-corrected chi connectivity index (χ4v) is 3.53. The van der Waals surface area contributed by atoms with Crippen molar-refractivity contribution >= 4 is 23.7 Å². The highest BCUT2D eigenvalue weighted by Crippen LogP contribution is 2.27. The second-order valence-electron chi connectivity index (χ2n) is 5.62. The van der Waals surface area contributed by atoms with E-state index in [0.29, 0.717) is 17.1 Å². The van der Waals surface area contributed by atoms with Gasteiger partial charge in [0.05, 0.1) is 5.75 Å². The molecule has 2 unspecified atom stereocenters. The van der Waals surface area contributed by atoms with Crippen LogP contribution in [0.4, 0.5) is 5.95 Å². The van der Waals surface area contributed by atoms with E-state index in [-0.39, 0.29) is 5.75 Å². The van der Waals surface area contributed by atoms with E-state index in [2.05, 4.69) is 41.0 Å². The molecule has 2 atom stereocenters. The van der Waals surface area contributed by atoms with Crippen LogP contribution in [-0.4, -0.2) is 69.7 Å². The van der Waals surface area contributed by atoms with Crippen molar-refractivity contribution in [1.29, 1.82) is 0 Å². The molecule has 1 aliphatic heterocycles. The number of likely N-dealkylation sites (N-methyl/N-ethyl adjacent to an activating group) is 1. The Morgan fingerprint density at radius 2 is 2.14 bits per heavy atom. The molecule has 1 aliphatic rings. The second-order valence-corrected chi connectivity index (χ2v) is 6.56. The Morgan fingerprint density at radius 3 is 2.67 bits per heavy atom.